The molecular weight excluding hydrogens is 506 g/mol. The third-order valence-corrected chi connectivity index (χ3v) is 8.63. The van der Waals surface area contributed by atoms with Crippen LogP contribution in [0.4, 0.5) is 0 Å². The van der Waals surface area contributed by atoms with Crippen LogP contribution in [0.2, 0.25) is 0 Å². The fourth-order valence-electron chi connectivity index (χ4n) is 5.68. The lowest BCUT2D eigenvalue weighted by molar-refractivity contribution is -0.131. The minimum absolute atomic E-state index is 0.265. The van der Waals surface area contributed by atoms with E-state index in [9.17, 15) is 15.0 Å². The van der Waals surface area contributed by atoms with Gasteiger partial charge in [0.1, 0.15) is 6.10 Å². The zero-order valence-corrected chi connectivity index (χ0v) is 28.0. The Morgan fingerprint density at radius 2 is 0.902 bits per heavy atom. The quantitative estimate of drug-likeness (QED) is 0.0548. The first-order chi connectivity index (χ1) is 20.1. The topological polar surface area (TPSA) is 69.6 Å². The predicted octanol–water partition coefficient (Wildman–Crippen LogP) is 10.7. The molecule has 4 heteroatoms. The van der Waals surface area contributed by atoms with Crippen LogP contribution in [0.1, 0.15) is 201 Å². The number of hydrogen-bond donors (Lipinski definition) is 3. The van der Waals surface area contributed by atoms with Crippen LogP contribution in [0, 0.1) is 0 Å². The Balaban J connectivity index is 3.70. The van der Waals surface area contributed by atoms with Crippen LogP contribution in [0.15, 0.2) is 12.2 Å². The summed E-state index contributed by atoms with van der Waals surface area (Å²) in [5.74, 6) is -0.315. The number of nitrogens with one attached hydrogen (secondary N) is 1. The normalized spacial score (nSPS) is 14.0. The molecule has 0 aliphatic rings. The van der Waals surface area contributed by atoms with E-state index in [1.54, 1.807) is 0 Å². The van der Waals surface area contributed by atoms with E-state index in [0.717, 1.165) is 32.1 Å². The molecule has 0 aliphatic heterocycles. The van der Waals surface area contributed by atoms with Crippen molar-refractivity contribution in [2.75, 3.05) is 0 Å². The lowest BCUT2D eigenvalue weighted by Gasteiger charge is -2.24. The molecule has 0 rings (SSSR count). The highest BCUT2D eigenvalue weighted by Crippen LogP contribution is 2.15. The van der Waals surface area contributed by atoms with Crippen LogP contribution in [-0.2, 0) is 4.79 Å². The number of aliphatic hydroxyl groups is 2. The van der Waals surface area contributed by atoms with Gasteiger partial charge in [0, 0.05) is 0 Å². The molecule has 0 aromatic heterocycles. The third-order valence-electron chi connectivity index (χ3n) is 8.63. The van der Waals surface area contributed by atoms with Gasteiger partial charge in [0.2, 0.25) is 5.91 Å². The highest BCUT2D eigenvalue weighted by molar-refractivity contribution is 5.80. The fraction of sp³-hybridized carbons (Fsp3) is 0.919. The highest BCUT2D eigenvalue weighted by Gasteiger charge is 2.22. The minimum atomic E-state index is -0.958. The van der Waals surface area contributed by atoms with Gasteiger partial charge in [-0.15, -0.1) is 0 Å². The van der Waals surface area contributed by atoms with Crippen LogP contribution < -0.4 is 5.32 Å². The smallest absolute Gasteiger partial charge is 0.249 e. The van der Waals surface area contributed by atoms with Gasteiger partial charge in [-0.25, -0.2) is 0 Å². The predicted molar refractivity (Wildman–Crippen MR) is 179 cm³/mol. The van der Waals surface area contributed by atoms with Crippen molar-refractivity contribution in [2.24, 2.45) is 0 Å². The van der Waals surface area contributed by atoms with Gasteiger partial charge in [-0.2, -0.15) is 0 Å². The molecule has 0 aliphatic carbocycles. The summed E-state index contributed by atoms with van der Waals surface area (Å²) in [6, 6.07) is -0.265. The fourth-order valence-corrected chi connectivity index (χ4v) is 5.68. The summed E-state index contributed by atoms with van der Waals surface area (Å²) < 4.78 is 0. The van der Waals surface area contributed by atoms with Gasteiger partial charge in [-0.05, 0) is 44.9 Å². The van der Waals surface area contributed by atoms with Gasteiger partial charge in [0.15, 0.2) is 0 Å². The molecule has 0 aromatic rings. The minimum Gasteiger partial charge on any atom is -0.391 e. The molecule has 3 atom stereocenters. The van der Waals surface area contributed by atoms with Gasteiger partial charge in [-0.3, -0.25) is 4.79 Å². The first-order valence-corrected chi connectivity index (χ1v) is 18.4. The van der Waals surface area contributed by atoms with Gasteiger partial charge >= 0.3 is 0 Å². The zero-order valence-electron chi connectivity index (χ0n) is 28.0. The number of allylic oxidation sites excluding steroid dienone is 2. The number of carbonyl (C=O) groups excluding carboxylic acids is 1. The van der Waals surface area contributed by atoms with Crippen molar-refractivity contribution in [3.63, 3.8) is 0 Å². The third kappa shape index (κ3) is 27.7. The average Bonchev–Trinajstić information content (AvgIpc) is 2.98. The molecule has 0 spiro atoms. The second-order valence-electron chi connectivity index (χ2n) is 12.7. The Morgan fingerprint density at radius 1 is 0.537 bits per heavy atom. The maximum Gasteiger partial charge on any atom is 0.249 e. The van der Waals surface area contributed by atoms with E-state index in [1.807, 2.05) is 6.92 Å². The largest absolute Gasteiger partial charge is 0.391 e. The number of unbranched alkanes of at least 4 members (excludes halogenated alkanes) is 22. The van der Waals surface area contributed by atoms with Crippen molar-refractivity contribution in [1.82, 2.24) is 5.32 Å². The summed E-state index contributed by atoms with van der Waals surface area (Å²) in [6.07, 6.45) is 36.9. The molecule has 3 N–H and O–H groups in total. The Labute approximate surface area is 256 Å². The SMILES string of the molecule is CCCCCCC=CCCCCCCCCCC(O)C(CC)NC(=O)C(O)CCCCCCCCCCCCCC. The monoisotopic (exact) mass is 580 g/mol. The molecule has 0 saturated heterocycles. The Bertz CT molecular complexity index is 564. The van der Waals surface area contributed by atoms with E-state index in [2.05, 4.69) is 31.3 Å². The maximum atomic E-state index is 12.5. The zero-order chi connectivity index (χ0) is 30.2. The first-order valence-electron chi connectivity index (χ1n) is 18.4. The van der Waals surface area contributed by atoms with Crippen molar-refractivity contribution in [3.05, 3.63) is 12.2 Å². The lowest BCUT2D eigenvalue weighted by Crippen LogP contribution is -2.47. The number of rotatable bonds is 32. The first kappa shape index (κ1) is 40.1. The summed E-state index contributed by atoms with van der Waals surface area (Å²) in [5, 5.41) is 23.9. The summed E-state index contributed by atoms with van der Waals surface area (Å²) in [7, 11) is 0. The van der Waals surface area contributed by atoms with Gasteiger partial charge < -0.3 is 15.5 Å². The molecule has 4 nitrogen and oxygen atoms in total. The standard InChI is InChI=1S/C37H73NO3/c1-4-7-9-11-13-15-17-19-20-21-23-24-26-28-30-32-35(39)34(6-3)38-37(41)36(40)33-31-29-27-25-22-18-16-14-12-10-8-5-2/h15,17,34-36,39-40H,4-14,16,18-33H2,1-3H3,(H,38,41). The van der Waals surface area contributed by atoms with Crippen molar-refractivity contribution < 1.29 is 15.0 Å². The summed E-state index contributed by atoms with van der Waals surface area (Å²) in [4.78, 5) is 12.5. The Morgan fingerprint density at radius 3 is 1.34 bits per heavy atom. The average molecular weight is 580 g/mol. The molecule has 0 heterocycles. The molecule has 0 fully saturated rings. The van der Waals surface area contributed by atoms with E-state index in [-0.39, 0.29) is 11.9 Å². The van der Waals surface area contributed by atoms with Crippen LogP contribution in [0.5, 0.6) is 0 Å². The van der Waals surface area contributed by atoms with Crippen molar-refractivity contribution >= 4 is 5.91 Å². The number of aliphatic hydroxyl groups excluding tert-OH is 2. The van der Waals surface area contributed by atoms with E-state index >= 15 is 0 Å². The lowest BCUT2D eigenvalue weighted by atomic mass is 10.00. The second kappa shape index (κ2) is 32.1. The molecule has 244 valence electrons. The van der Waals surface area contributed by atoms with Crippen molar-refractivity contribution in [3.8, 4) is 0 Å². The van der Waals surface area contributed by atoms with Crippen LogP contribution in [0.25, 0.3) is 0 Å². The van der Waals surface area contributed by atoms with Crippen molar-refractivity contribution in [1.29, 1.82) is 0 Å². The number of amides is 1. The highest BCUT2D eigenvalue weighted by atomic mass is 16.3. The Kier molecular flexibility index (Phi) is 31.4. The van der Waals surface area contributed by atoms with Gasteiger partial charge in [-0.1, -0.05) is 168 Å². The molecular formula is C37H73NO3. The molecule has 1 amide bonds. The molecule has 0 saturated carbocycles. The van der Waals surface area contributed by atoms with E-state index in [1.165, 1.54) is 135 Å². The molecule has 3 unspecified atom stereocenters. The molecule has 0 aromatic carbocycles. The summed E-state index contributed by atoms with van der Waals surface area (Å²) in [5.41, 5.74) is 0. The number of carbonyl (C=O) groups is 1. The second-order valence-corrected chi connectivity index (χ2v) is 12.7. The molecule has 0 bridgehead atoms. The van der Waals surface area contributed by atoms with E-state index in [0.29, 0.717) is 12.8 Å². The van der Waals surface area contributed by atoms with Crippen LogP contribution in [0.3, 0.4) is 0 Å². The van der Waals surface area contributed by atoms with Crippen LogP contribution in [-0.4, -0.2) is 34.4 Å². The van der Waals surface area contributed by atoms with Crippen molar-refractivity contribution in [2.45, 2.75) is 219 Å². The van der Waals surface area contributed by atoms with E-state index in [4.69, 9.17) is 0 Å². The molecule has 0 radical (unpaired) electrons. The summed E-state index contributed by atoms with van der Waals surface area (Å²) in [6.45, 7) is 6.52. The van der Waals surface area contributed by atoms with Gasteiger partial charge in [0.25, 0.3) is 0 Å². The maximum absolute atomic E-state index is 12.5. The van der Waals surface area contributed by atoms with E-state index < -0.39 is 12.2 Å². The number of hydrogen-bond acceptors (Lipinski definition) is 3. The van der Waals surface area contributed by atoms with Crippen LogP contribution >= 0.6 is 0 Å². The Hall–Kier alpha value is -0.870. The van der Waals surface area contributed by atoms with Gasteiger partial charge in [0.05, 0.1) is 12.1 Å². The molecule has 41 heavy (non-hydrogen) atoms. The summed E-state index contributed by atoms with van der Waals surface area (Å²) >= 11 is 0.